The molecule has 0 radical (unpaired) electrons. The van der Waals surface area contributed by atoms with Crippen molar-refractivity contribution in [1.29, 1.82) is 0 Å². The minimum Gasteiger partial charge on any atom is -0.389 e. The number of β-amino-alcohol motifs (C(OH)–C–C–N with tert-alkyl or cyclic N) is 2. The molecule has 1 aliphatic rings. The van der Waals surface area contributed by atoms with Gasteiger partial charge in [0, 0.05) is 13.1 Å². The van der Waals surface area contributed by atoms with E-state index in [1.807, 2.05) is 13.8 Å². The molecule has 1 amide bonds. The molecule has 0 aromatic heterocycles. The fraction of sp³-hybridized carbons (Fsp3) is 0.833. The van der Waals surface area contributed by atoms with Gasteiger partial charge in [-0.1, -0.05) is 13.8 Å². The number of nitrogens with one attached hydrogen (secondary N) is 1. The average molecular weight is 258 g/mol. The highest BCUT2D eigenvalue weighted by atomic mass is 16.3. The zero-order valence-corrected chi connectivity index (χ0v) is 11.1. The first-order valence-electron chi connectivity index (χ1n) is 6.19. The lowest BCUT2D eigenvalue weighted by atomic mass is 10.0. The maximum atomic E-state index is 11.8. The van der Waals surface area contributed by atoms with Gasteiger partial charge in [0.15, 0.2) is 5.78 Å². The van der Waals surface area contributed by atoms with E-state index in [2.05, 4.69) is 5.32 Å². The van der Waals surface area contributed by atoms with Crippen LogP contribution in [0.1, 0.15) is 20.8 Å². The summed E-state index contributed by atoms with van der Waals surface area (Å²) in [5, 5.41) is 21.4. The third-order valence-corrected chi connectivity index (χ3v) is 3.12. The molecule has 3 unspecified atom stereocenters. The number of aliphatic hydroxyl groups is 2. The van der Waals surface area contributed by atoms with Crippen molar-refractivity contribution in [3.63, 3.8) is 0 Å². The SMILES string of the molecule is CC(=O)C(NC(=O)CN1CC(O)C(O)C1)C(C)C. The van der Waals surface area contributed by atoms with Crippen LogP contribution in [0.5, 0.6) is 0 Å². The van der Waals surface area contributed by atoms with E-state index in [1.165, 1.54) is 6.92 Å². The molecule has 1 aliphatic heterocycles. The molecule has 18 heavy (non-hydrogen) atoms. The van der Waals surface area contributed by atoms with Crippen molar-refractivity contribution in [1.82, 2.24) is 10.2 Å². The molecule has 0 spiro atoms. The van der Waals surface area contributed by atoms with Crippen LogP contribution < -0.4 is 5.32 Å². The highest BCUT2D eigenvalue weighted by molar-refractivity contribution is 5.88. The van der Waals surface area contributed by atoms with E-state index in [4.69, 9.17) is 0 Å². The summed E-state index contributed by atoms with van der Waals surface area (Å²) in [6.45, 7) is 5.84. The predicted octanol–water partition coefficient (Wildman–Crippen LogP) is -1.25. The van der Waals surface area contributed by atoms with Crippen molar-refractivity contribution in [3.8, 4) is 0 Å². The normalized spacial score (nSPS) is 26.3. The Morgan fingerprint density at radius 1 is 1.28 bits per heavy atom. The lowest BCUT2D eigenvalue weighted by Crippen LogP contribution is -2.47. The molecule has 3 N–H and O–H groups in total. The van der Waals surface area contributed by atoms with Crippen LogP contribution in [0.3, 0.4) is 0 Å². The first kappa shape index (κ1) is 15.1. The number of carbonyl (C=O) groups excluding carboxylic acids is 2. The second-order valence-electron chi connectivity index (χ2n) is 5.23. The molecule has 0 aromatic rings. The van der Waals surface area contributed by atoms with E-state index in [1.54, 1.807) is 4.90 Å². The molecule has 6 heteroatoms. The Hall–Kier alpha value is -0.980. The third kappa shape index (κ3) is 4.04. The minimum absolute atomic E-state index is 0.0428. The van der Waals surface area contributed by atoms with E-state index in [0.29, 0.717) is 0 Å². The standard InChI is InChI=1S/C12H22N2O4/c1-7(2)12(8(3)15)13-11(18)6-14-4-9(16)10(17)5-14/h7,9-10,12,16-17H,4-6H2,1-3H3,(H,13,18). The molecule has 3 atom stereocenters. The number of nitrogens with zero attached hydrogens (tertiary/aromatic N) is 1. The summed E-state index contributed by atoms with van der Waals surface area (Å²) < 4.78 is 0. The minimum atomic E-state index is -0.800. The molecule has 1 heterocycles. The van der Waals surface area contributed by atoms with E-state index >= 15 is 0 Å². The highest BCUT2D eigenvalue weighted by Crippen LogP contribution is 2.09. The number of aliphatic hydroxyl groups excluding tert-OH is 2. The molecule has 0 bridgehead atoms. The first-order chi connectivity index (χ1) is 8.31. The van der Waals surface area contributed by atoms with Gasteiger partial charge in [-0.05, 0) is 12.8 Å². The van der Waals surface area contributed by atoms with Gasteiger partial charge in [0.1, 0.15) is 0 Å². The van der Waals surface area contributed by atoms with Crippen LogP contribution in [0, 0.1) is 5.92 Å². The highest BCUT2D eigenvalue weighted by Gasteiger charge is 2.31. The van der Waals surface area contributed by atoms with Crippen LogP contribution in [0.4, 0.5) is 0 Å². The Labute approximate surface area is 107 Å². The van der Waals surface area contributed by atoms with Gasteiger partial charge in [0.2, 0.25) is 5.91 Å². The number of carbonyl (C=O) groups is 2. The summed E-state index contributed by atoms with van der Waals surface area (Å²) >= 11 is 0. The van der Waals surface area contributed by atoms with E-state index in [0.717, 1.165) is 0 Å². The topological polar surface area (TPSA) is 89.9 Å². The van der Waals surface area contributed by atoms with Crippen molar-refractivity contribution >= 4 is 11.7 Å². The molecule has 104 valence electrons. The number of rotatable bonds is 5. The maximum absolute atomic E-state index is 11.8. The van der Waals surface area contributed by atoms with Crippen LogP contribution in [0.15, 0.2) is 0 Å². The summed E-state index contributed by atoms with van der Waals surface area (Å²) in [5.41, 5.74) is 0. The molecule has 0 aromatic carbocycles. The summed E-state index contributed by atoms with van der Waals surface area (Å²) in [6.07, 6.45) is -1.60. The van der Waals surface area contributed by atoms with Crippen LogP contribution in [0.25, 0.3) is 0 Å². The lowest BCUT2D eigenvalue weighted by Gasteiger charge is -2.21. The van der Waals surface area contributed by atoms with Crippen LogP contribution in [-0.2, 0) is 9.59 Å². The van der Waals surface area contributed by atoms with Gasteiger partial charge in [-0.15, -0.1) is 0 Å². The van der Waals surface area contributed by atoms with Gasteiger partial charge < -0.3 is 15.5 Å². The van der Waals surface area contributed by atoms with Crippen molar-refractivity contribution in [3.05, 3.63) is 0 Å². The molecule has 0 aliphatic carbocycles. The van der Waals surface area contributed by atoms with Crippen molar-refractivity contribution in [2.24, 2.45) is 5.92 Å². The lowest BCUT2D eigenvalue weighted by molar-refractivity contribution is -0.128. The number of likely N-dealkylation sites (tertiary alicyclic amines) is 1. The monoisotopic (exact) mass is 258 g/mol. The van der Waals surface area contributed by atoms with Gasteiger partial charge in [-0.25, -0.2) is 0 Å². The Bertz CT molecular complexity index is 309. The van der Waals surface area contributed by atoms with Crippen LogP contribution in [0.2, 0.25) is 0 Å². The smallest absolute Gasteiger partial charge is 0.234 e. The summed E-state index contributed by atoms with van der Waals surface area (Å²) in [7, 11) is 0. The number of hydrogen-bond acceptors (Lipinski definition) is 5. The Balaban J connectivity index is 2.44. The maximum Gasteiger partial charge on any atom is 0.234 e. The van der Waals surface area contributed by atoms with E-state index < -0.39 is 18.2 Å². The summed E-state index contributed by atoms with van der Waals surface area (Å²) in [5.74, 6) is -0.286. The molecular weight excluding hydrogens is 236 g/mol. The van der Waals surface area contributed by atoms with Crippen LogP contribution in [-0.4, -0.2) is 64.7 Å². The Morgan fingerprint density at radius 3 is 2.17 bits per heavy atom. The second kappa shape index (κ2) is 6.26. The third-order valence-electron chi connectivity index (χ3n) is 3.12. The number of Topliss-reactive ketones (excluding diaryl/α,β-unsaturated/α-hetero) is 1. The predicted molar refractivity (Wildman–Crippen MR) is 65.9 cm³/mol. The molecule has 0 saturated carbocycles. The van der Waals surface area contributed by atoms with E-state index in [9.17, 15) is 19.8 Å². The molecule has 1 rings (SSSR count). The molecule has 1 fully saturated rings. The van der Waals surface area contributed by atoms with E-state index in [-0.39, 0.29) is 37.2 Å². The Morgan fingerprint density at radius 2 is 1.78 bits per heavy atom. The van der Waals surface area contributed by atoms with Gasteiger partial charge in [-0.2, -0.15) is 0 Å². The zero-order chi connectivity index (χ0) is 13.9. The van der Waals surface area contributed by atoms with Gasteiger partial charge >= 0.3 is 0 Å². The zero-order valence-electron chi connectivity index (χ0n) is 11.1. The largest absolute Gasteiger partial charge is 0.389 e. The Kier molecular flexibility index (Phi) is 5.25. The number of amides is 1. The average Bonchev–Trinajstić information content (AvgIpc) is 2.53. The van der Waals surface area contributed by atoms with Crippen molar-refractivity contribution < 1.29 is 19.8 Å². The van der Waals surface area contributed by atoms with Gasteiger partial charge in [-0.3, -0.25) is 14.5 Å². The second-order valence-corrected chi connectivity index (χ2v) is 5.23. The quantitative estimate of drug-likeness (QED) is 0.573. The van der Waals surface area contributed by atoms with Gasteiger partial charge in [0.25, 0.3) is 0 Å². The fourth-order valence-electron chi connectivity index (χ4n) is 2.14. The molecular formula is C12H22N2O4. The van der Waals surface area contributed by atoms with Crippen molar-refractivity contribution in [2.75, 3.05) is 19.6 Å². The fourth-order valence-corrected chi connectivity index (χ4v) is 2.14. The first-order valence-corrected chi connectivity index (χ1v) is 6.19. The summed E-state index contributed by atoms with van der Waals surface area (Å²) in [6, 6.07) is -0.477. The number of hydrogen-bond donors (Lipinski definition) is 3. The summed E-state index contributed by atoms with van der Waals surface area (Å²) in [4.78, 5) is 24.8. The van der Waals surface area contributed by atoms with Crippen molar-refractivity contribution in [2.45, 2.75) is 39.0 Å². The number of ketones is 1. The molecule has 1 saturated heterocycles. The molecule has 6 nitrogen and oxygen atoms in total. The van der Waals surface area contributed by atoms with Crippen LogP contribution >= 0.6 is 0 Å². The van der Waals surface area contributed by atoms with Gasteiger partial charge in [0.05, 0.1) is 24.8 Å².